The van der Waals surface area contributed by atoms with Crippen molar-refractivity contribution < 1.29 is 22.7 Å². The number of nitrogens with one attached hydrogen (secondary N) is 2. The number of carbonyl (C=O) groups excluding carboxylic acids is 2. The molecule has 0 saturated heterocycles. The summed E-state index contributed by atoms with van der Waals surface area (Å²) < 4.78 is 32.8. The van der Waals surface area contributed by atoms with Gasteiger partial charge in [0, 0.05) is 11.3 Å². The Bertz CT molecular complexity index is 1260. The van der Waals surface area contributed by atoms with Crippen LogP contribution in [0, 0.1) is 6.92 Å². The Hall–Kier alpha value is -3.36. The van der Waals surface area contributed by atoms with E-state index in [0.717, 1.165) is 0 Å². The molecule has 166 valence electrons. The van der Waals surface area contributed by atoms with Gasteiger partial charge in [0.15, 0.2) is 0 Å². The first-order valence-corrected chi connectivity index (χ1v) is 11.5. The number of ether oxygens (including phenoxy) is 1. The third-order valence-electron chi connectivity index (χ3n) is 4.60. The highest BCUT2D eigenvalue weighted by molar-refractivity contribution is 7.92. The Morgan fingerprint density at radius 3 is 2.38 bits per heavy atom. The molecule has 0 radical (unpaired) electrons. The van der Waals surface area contributed by atoms with Gasteiger partial charge in [0.25, 0.3) is 15.9 Å². The molecule has 3 aromatic carbocycles. The molecule has 9 heteroatoms. The number of rotatable bonds is 7. The predicted octanol–water partition coefficient (Wildman–Crippen LogP) is 4.88. The summed E-state index contributed by atoms with van der Waals surface area (Å²) in [4.78, 5) is 25.0. The molecule has 0 aromatic heterocycles. The van der Waals surface area contributed by atoms with Gasteiger partial charge in [-0.25, -0.2) is 13.2 Å². The molecule has 2 N–H and O–H groups in total. The summed E-state index contributed by atoms with van der Waals surface area (Å²) in [6, 6.07) is 17.1. The van der Waals surface area contributed by atoms with Crippen LogP contribution in [-0.2, 0) is 14.8 Å². The third kappa shape index (κ3) is 5.27. The largest absolute Gasteiger partial charge is 0.462 e. The molecule has 32 heavy (non-hydrogen) atoms. The maximum absolute atomic E-state index is 12.9. The van der Waals surface area contributed by atoms with E-state index in [1.165, 1.54) is 24.3 Å². The Morgan fingerprint density at radius 1 is 0.969 bits per heavy atom. The van der Waals surface area contributed by atoms with Gasteiger partial charge in [-0.3, -0.25) is 9.52 Å². The van der Waals surface area contributed by atoms with Crippen LogP contribution in [0.3, 0.4) is 0 Å². The molecule has 0 aliphatic heterocycles. The minimum Gasteiger partial charge on any atom is -0.462 e. The summed E-state index contributed by atoms with van der Waals surface area (Å²) in [5.41, 5.74) is 1.48. The summed E-state index contributed by atoms with van der Waals surface area (Å²) in [5.74, 6) is -1.07. The summed E-state index contributed by atoms with van der Waals surface area (Å²) >= 11 is 6.06. The first-order valence-electron chi connectivity index (χ1n) is 9.68. The fraction of sp³-hybridized carbons (Fsp3) is 0.130. The lowest BCUT2D eigenvalue weighted by Gasteiger charge is -2.14. The van der Waals surface area contributed by atoms with Crippen molar-refractivity contribution in [2.75, 3.05) is 16.6 Å². The highest BCUT2D eigenvalue weighted by Crippen LogP contribution is 2.25. The lowest BCUT2D eigenvalue weighted by Crippen LogP contribution is -2.17. The molecule has 0 fully saturated rings. The molecule has 0 saturated carbocycles. The zero-order valence-electron chi connectivity index (χ0n) is 17.4. The summed E-state index contributed by atoms with van der Waals surface area (Å²) in [6.07, 6.45) is 0. The van der Waals surface area contributed by atoms with E-state index in [1.54, 1.807) is 56.3 Å². The molecule has 0 aliphatic carbocycles. The van der Waals surface area contributed by atoms with Gasteiger partial charge in [-0.05, 0) is 61.9 Å². The van der Waals surface area contributed by atoms with Gasteiger partial charge in [-0.1, -0.05) is 35.9 Å². The number of amides is 1. The quantitative estimate of drug-likeness (QED) is 0.477. The second-order valence-electron chi connectivity index (χ2n) is 6.77. The molecule has 3 aromatic rings. The SMILES string of the molecule is CCOC(=O)c1cc(NC(=O)c2cccc(NS(=O)(=O)c3ccccc3)c2C)ccc1Cl. The average Bonchev–Trinajstić information content (AvgIpc) is 2.77. The minimum absolute atomic E-state index is 0.113. The number of benzene rings is 3. The zero-order valence-corrected chi connectivity index (χ0v) is 19.0. The molecule has 3 rings (SSSR count). The van der Waals surface area contributed by atoms with E-state index >= 15 is 0 Å². The molecule has 0 aliphatic rings. The van der Waals surface area contributed by atoms with Gasteiger partial charge in [-0.15, -0.1) is 0 Å². The molecular formula is C23H21ClN2O5S. The van der Waals surface area contributed by atoms with Gasteiger partial charge in [-0.2, -0.15) is 0 Å². The van der Waals surface area contributed by atoms with Crippen LogP contribution in [-0.4, -0.2) is 26.9 Å². The lowest BCUT2D eigenvalue weighted by atomic mass is 10.1. The van der Waals surface area contributed by atoms with Gasteiger partial charge in [0.2, 0.25) is 0 Å². The molecule has 0 heterocycles. The summed E-state index contributed by atoms with van der Waals surface area (Å²) in [6.45, 7) is 3.51. The van der Waals surface area contributed by atoms with Crippen LogP contribution in [0.2, 0.25) is 5.02 Å². The van der Waals surface area contributed by atoms with Crippen molar-refractivity contribution in [1.82, 2.24) is 0 Å². The van der Waals surface area contributed by atoms with Crippen molar-refractivity contribution in [3.8, 4) is 0 Å². The van der Waals surface area contributed by atoms with Crippen molar-refractivity contribution >= 4 is 44.9 Å². The summed E-state index contributed by atoms with van der Waals surface area (Å²) in [5, 5.41) is 2.91. The molecular weight excluding hydrogens is 452 g/mol. The van der Waals surface area contributed by atoms with Gasteiger partial charge < -0.3 is 10.1 Å². The number of sulfonamides is 1. The van der Waals surface area contributed by atoms with E-state index in [-0.39, 0.29) is 33.3 Å². The van der Waals surface area contributed by atoms with E-state index in [0.29, 0.717) is 11.3 Å². The van der Waals surface area contributed by atoms with E-state index in [4.69, 9.17) is 16.3 Å². The van der Waals surface area contributed by atoms with Crippen LogP contribution in [0.15, 0.2) is 71.6 Å². The van der Waals surface area contributed by atoms with Gasteiger partial charge in [0.05, 0.1) is 27.8 Å². The lowest BCUT2D eigenvalue weighted by molar-refractivity contribution is 0.0526. The second-order valence-corrected chi connectivity index (χ2v) is 8.86. The molecule has 0 unspecified atom stereocenters. The number of anilines is 2. The van der Waals surface area contributed by atoms with Gasteiger partial charge in [0.1, 0.15) is 0 Å². The Morgan fingerprint density at radius 2 is 1.69 bits per heavy atom. The fourth-order valence-electron chi connectivity index (χ4n) is 2.96. The number of carbonyl (C=O) groups is 2. The fourth-order valence-corrected chi connectivity index (χ4v) is 4.30. The number of esters is 1. The topological polar surface area (TPSA) is 102 Å². The van der Waals surface area contributed by atoms with Crippen LogP contribution in [0.25, 0.3) is 0 Å². The molecule has 1 amide bonds. The van der Waals surface area contributed by atoms with Crippen molar-refractivity contribution in [3.05, 3.63) is 88.4 Å². The number of halogens is 1. The first kappa shape index (κ1) is 23.3. The summed E-state index contributed by atoms with van der Waals surface area (Å²) in [7, 11) is -3.81. The smallest absolute Gasteiger partial charge is 0.339 e. The highest BCUT2D eigenvalue weighted by Gasteiger charge is 2.19. The van der Waals surface area contributed by atoms with Crippen molar-refractivity contribution in [1.29, 1.82) is 0 Å². The first-order chi connectivity index (χ1) is 15.2. The van der Waals surface area contributed by atoms with Crippen LogP contribution < -0.4 is 10.0 Å². The highest BCUT2D eigenvalue weighted by atomic mass is 35.5. The predicted molar refractivity (Wildman–Crippen MR) is 124 cm³/mol. The minimum atomic E-state index is -3.81. The van der Waals surface area contributed by atoms with Crippen LogP contribution in [0.4, 0.5) is 11.4 Å². The maximum Gasteiger partial charge on any atom is 0.339 e. The Kier molecular flexibility index (Phi) is 7.17. The van der Waals surface area contributed by atoms with Crippen molar-refractivity contribution in [3.63, 3.8) is 0 Å². The van der Waals surface area contributed by atoms with E-state index in [9.17, 15) is 18.0 Å². The number of hydrogen-bond donors (Lipinski definition) is 2. The maximum atomic E-state index is 12.9. The monoisotopic (exact) mass is 472 g/mol. The van der Waals surface area contributed by atoms with E-state index < -0.39 is 21.9 Å². The molecule has 0 bridgehead atoms. The van der Waals surface area contributed by atoms with Crippen LogP contribution in [0.5, 0.6) is 0 Å². The van der Waals surface area contributed by atoms with E-state index in [2.05, 4.69) is 10.0 Å². The van der Waals surface area contributed by atoms with E-state index in [1.807, 2.05) is 0 Å². The third-order valence-corrected chi connectivity index (χ3v) is 6.31. The molecule has 0 atom stereocenters. The zero-order chi connectivity index (χ0) is 23.3. The van der Waals surface area contributed by atoms with Crippen LogP contribution >= 0.6 is 11.6 Å². The molecule has 0 spiro atoms. The standard InChI is InChI=1S/C23H21ClN2O5S/c1-3-31-23(28)19-14-16(12-13-20(19)24)25-22(27)18-10-7-11-21(15(18)2)26-32(29,30)17-8-5-4-6-9-17/h4-14,26H,3H2,1-2H3,(H,25,27). The second kappa shape index (κ2) is 9.84. The number of hydrogen-bond acceptors (Lipinski definition) is 5. The normalized spacial score (nSPS) is 11.0. The average molecular weight is 473 g/mol. The Labute approximate surface area is 191 Å². The molecule has 7 nitrogen and oxygen atoms in total. The van der Waals surface area contributed by atoms with Gasteiger partial charge >= 0.3 is 5.97 Å². The van der Waals surface area contributed by atoms with Crippen LogP contribution in [0.1, 0.15) is 33.2 Å². The van der Waals surface area contributed by atoms with Crippen molar-refractivity contribution in [2.24, 2.45) is 0 Å². The van der Waals surface area contributed by atoms with Crippen molar-refractivity contribution in [2.45, 2.75) is 18.7 Å². The Balaban J connectivity index is 1.85.